The summed E-state index contributed by atoms with van der Waals surface area (Å²) in [6.45, 7) is 0. The van der Waals surface area contributed by atoms with E-state index in [0.717, 1.165) is 8.97 Å². The van der Waals surface area contributed by atoms with E-state index in [9.17, 15) is 0 Å². The third-order valence-corrected chi connectivity index (χ3v) is 1.53. The lowest BCUT2D eigenvalue weighted by Crippen LogP contribution is -2.34. The SMILES string of the molecule is C[N+](C)(C)C.C[N+](C)(C)c1ccccc1.[OH-].[OH-]. The van der Waals surface area contributed by atoms with E-state index in [-0.39, 0.29) is 11.0 Å². The van der Waals surface area contributed by atoms with Gasteiger partial charge in [-0.3, -0.25) is 4.48 Å². The van der Waals surface area contributed by atoms with Gasteiger partial charge in [0.05, 0.1) is 49.3 Å². The van der Waals surface area contributed by atoms with Crippen LogP contribution in [0, 0.1) is 0 Å². The molecule has 0 aliphatic rings. The molecule has 1 aromatic carbocycles. The van der Waals surface area contributed by atoms with Gasteiger partial charge in [-0.15, -0.1) is 0 Å². The third-order valence-electron chi connectivity index (χ3n) is 1.53. The van der Waals surface area contributed by atoms with Crippen LogP contribution in [0.5, 0.6) is 0 Å². The molecule has 4 nitrogen and oxygen atoms in total. The van der Waals surface area contributed by atoms with E-state index in [0.29, 0.717) is 0 Å². The second-order valence-corrected chi connectivity index (χ2v) is 6.03. The van der Waals surface area contributed by atoms with Gasteiger partial charge in [-0.1, -0.05) is 18.2 Å². The Bertz CT molecular complexity index is 268. The van der Waals surface area contributed by atoms with Crippen molar-refractivity contribution in [1.82, 2.24) is 4.48 Å². The summed E-state index contributed by atoms with van der Waals surface area (Å²) in [6, 6.07) is 10.5. The number of benzene rings is 1. The molecule has 0 bridgehead atoms. The molecule has 0 aliphatic heterocycles. The first-order valence-electron chi connectivity index (χ1n) is 5.26. The van der Waals surface area contributed by atoms with Gasteiger partial charge in [0.2, 0.25) is 0 Å². The fourth-order valence-electron chi connectivity index (χ4n) is 0.875. The van der Waals surface area contributed by atoms with Gasteiger partial charge in [-0.05, 0) is 12.1 Å². The van der Waals surface area contributed by atoms with E-state index >= 15 is 0 Å². The van der Waals surface area contributed by atoms with Crippen molar-refractivity contribution in [2.45, 2.75) is 0 Å². The fourth-order valence-corrected chi connectivity index (χ4v) is 0.875. The van der Waals surface area contributed by atoms with E-state index in [1.807, 2.05) is 6.07 Å². The zero-order chi connectivity index (χ0) is 12.1. The van der Waals surface area contributed by atoms with E-state index < -0.39 is 0 Å². The fraction of sp³-hybridized carbons (Fsp3) is 0.538. The molecule has 2 N–H and O–H groups in total. The first-order chi connectivity index (χ1) is 6.61. The van der Waals surface area contributed by atoms with Crippen molar-refractivity contribution in [3.05, 3.63) is 30.3 Å². The van der Waals surface area contributed by atoms with Crippen LogP contribution < -0.4 is 4.48 Å². The molecule has 0 heterocycles. The number of quaternary nitrogens is 2. The molecule has 0 radical (unpaired) electrons. The number of para-hydroxylation sites is 1. The molecule has 0 saturated heterocycles. The van der Waals surface area contributed by atoms with Crippen molar-refractivity contribution in [2.75, 3.05) is 49.3 Å². The van der Waals surface area contributed by atoms with Crippen LogP contribution in [0.2, 0.25) is 0 Å². The summed E-state index contributed by atoms with van der Waals surface area (Å²) in [6.07, 6.45) is 0. The normalized spacial score (nSPS) is 10.3. The molecular weight excluding hydrogens is 216 g/mol. The minimum Gasteiger partial charge on any atom is -0.870 e. The Balaban J connectivity index is -0.000000247. The Morgan fingerprint density at radius 1 is 0.647 bits per heavy atom. The molecule has 0 unspecified atom stereocenters. The summed E-state index contributed by atoms with van der Waals surface area (Å²) >= 11 is 0. The molecule has 0 aromatic heterocycles. The van der Waals surface area contributed by atoms with Crippen LogP contribution in [0.4, 0.5) is 5.69 Å². The van der Waals surface area contributed by atoms with Crippen LogP contribution in [0.3, 0.4) is 0 Å². The maximum Gasteiger partial charge on any atom is 0.132 e. The van der Waals surface area contributed by atoms with Crippen LogP contribution in [0.1, 0.15) is 0 Å². The van der Waals surface area contributed by atoms with Crippen LogP contribution in [-0.2, 0) is 0 Å². The van der Waals surface area contributed by atoms with Crippen molar-refractivity contribution >= 4 is 5.69 Å². The first kappa shape index (κ1) is 21.4. The van der Waals surface area contributed by atoms with Crippen LogP contribution in [-0.4, -0.2) is 64.8 Å². The van der Waals surface area contributed by atoms with E-state index in [1.165, 1.54) is 5.69 Å². The predicted octanol–water partition coefficient (Wildman–Crippen LogP) is 1.85. The lowest BCUT2D eigenvalue weighted by Gasteiger charge is -2.22. The van der Waals surface area contributed by atoms with Crippen LogP contribution >= 0.6 is 0 Å². The molecule has 0 fully saturated rings. The minimum atomic E-state index is 0. The molecule has 0 atom stereocenters. The standard InChI is InChI=1S/C9H14N.C4H12N.2H2O/c1-10(2,3)9-7-5-4-6-8-9;1-5(2,3)4;;/h4-8H,1-3H3;1-4H3;2*1H2/q2*+1;;/p-2. The first-order valence-corrected chi connectivity index (χ1v) is 5.26. The maximum atomic E-state index is 2.16. The topological polar surface area (TPSA) is 60.0 Å². The van der Waals surface area contributed by atoms with Gasteiger partial charge in [0.1, 0.15) is 5.69 Å². The quantitative estimate of drug-likeness (QED) is 0.708. The Morgan fingerprint density at radius 3 is 1.12 bits per heavy atom. The predicted molar refractivity (Wildman–Crippen MR) is 73.8 cm³/mol. The molecular formula is C13H28N2O2. The molecule has 0 spiro atoms. The summed E-state index contributed by atoms with van der Waals surface area (Å²) in [5.41, 5.74) is 1.34. The number of rotatable bonds is 1. The molecule has 0 saturated carbocycles. The molecule has 0 amide bonds. The number of nitrogens with zero attached hydrogens (tertiary/aromatic N) is 2. The van der Waals surface area contributed by atoms with E-state index in [4.69, 9.17) is 0 Å². The van der Waals surface area contributed by atoms with Gasteiger partial charge < -0.3 is 15.4 Å². The van der Waals surface area contributed by atoms with Crippen molar-refractivity contribution < 1.29 is 15.4 Å². The summed E-state index contributed by atoms with van der Waals surface area (Å²) in [4.78, 5) is 0. The highest BCUT2D eigenvalue weighted by Crippen LogP contribution is 2.14. The smallest absolute Gasteiger partial charge is 0.132 e. The Hall–Kier alpha value is -0.940. The molecule has 1 aromatic rings. The zero-order valence-electron chi connectivity index (χ0n) is 12.2. The minimum absolute atomic E-state index is 0. The van der Waals surface area contributed by atoms with Gasteiger partial charge >= 0.3 is 0 Å². The average molecular weight is 244 g/mol. The lowest BCUT2D eigenvalue weighted by molar-refractivity contribution is -0.849. The van der Waals surface area contributed by atoms with Crippen molar-refractivity contribution in [3.8, 4) is 0 Å². The van der Waals surface area contributed by atoms with E-state index in [2.05, 4.69) is 73.6 Å². The summed E-state index contributed by atoms with van der Waals surface area (Å²) in [7, 11) is 15.0. The maximum absolute atomic E-state index is 2.16. The monoisotopic (exact) mass is 244 g/mol. The molecule has 4 heteroatoms. The summed E-state index contributed by atoms with van der Waals surface area (Å²) in [5.74, 6) is 0. The highest BCUT2D eigenvalue weighted by Gasteiger charge is 2.08. The molecule has 102 valence electrons. The Labute approximate surface area is 106 Å². The second-order valence-electron chi connectivity index (χ2n) is 6.03. The van der Waals surface area contributed by atoms with Crippen LogP contribution in [0.25, 0.3) is 0 Å². The number of hydrogen-bond donors (Lipinski definition) is 0. The highest BCUT2D eigenvalue weighted by molar-refractivity contribution is 5.40. The van der Waals surface area contributed by atoms with Gasteiger partial charge in [0.15, 0.2) is 0 Å². The Morgan fingerprint density at radius 2 is 0.941 bits per heavy atom. The number of hydrogen-bond acceptors (Lipinski definition) is 2. The highest BCUT2D eigenvalue weighted by atomic mass is 16.0. The van der Waals surface area contributed by atoms with Gasteiger partial charge in [0.25, 0.3) is 0 Å². The van der Waals surface area contributed by atoms with Crippen molar-refractivity contribution in [2.24, 2.45) is 0 Å². The molecule has 17 heavy (non-hydrogen) atoms. The summed E-state index contributed by atoms with van der Waals surface area (Å²) < 4.78 is 1.89. The average Bonchev–Trinajstić information content (AvgIpc) is 2.01. The van der Waals surface area contributed by atoms with Gasteiger partial charge in [-0.25, -0.2) is 0 Å². The Kier molecular flexibility index (Phi) is 10.3. The van der Waals surface area contributed by atoms with Crippen molar-refractivity contribution in [1.29, 1.82) is 0 Å². The molecule has 1 rings (SSSR count). The summed E-state index contributed by atoms with van der Waals surface area (Å²) in [5, 5.41) is 0. The molecule has 0 aliphatic carbocycles. The second kappa shape index (κ2) is 8.20. The third kappa shape index (κ3) is 15.1. The van der Waals surface area contributed by atoms with Crippen LogP contribution in [0.15, 0.2) is 30.3 Å². The largest absolute Gasteiger partial charge is 0.870 e. The van der Waals surface area contributed by atoms with Gasteiger partial charge in [-0.2, -0.15) is 0 Å². The van der Waals surface area contributed by atoms with Gasteiger partial charge in [0, 0.05) is 0 Å². The zero-order valence-corrected chi connectivity index (χ0v) is 12.2. The van der Waals surface area contributed by atoms with Crippen molar-refractivity contribution in [3.63, 3.8) is 0 Å². The van der Waals surface area contributed by atoms with E-state index in [1.54, 1.807) is 0 Å². The lowest BCUT2D eigenvalue weighted by atomic mass is 10.3.